The van der Waals surface area contributed by atoms with Gasteiger partial charge in [-0.1, -0.05) is 30.4 Å². The molecule has 0 heterocycles. The first-order valence-electron chi connectivity index (χ1n) is 7.32. The van der Waals surface area contributed by atoms with E-state index < -0.39 is 0 Å². The van der Waals surface area contributed by atoms with Gasteiger partial charge in [0.25, 0.3) is 0 Å². The minimum absolute atomic E-state index is 0.0218. The molecular weight excluding hydrogens is 248 g/mol. The standard InChI is InChI=1S/C18H20O2/c1-10(2)12-5-4-11(3)17-13(12)6-8-15(19)14-7-9-16(20)18(14)17/h6,8,12-13,17H,1,3-5,7,9H2,2H3/t12?,13-,17?/m1/s1. The maximum Gasteiger partial charge on any atom is 0.181 e. The monoisotopic (exact) mass is 268 g/mol. The Hall–Kier alpha value is -1.70. The first kappa shape index (κ1) is 13.3. The average Bonchev–Trinajstić information content (AvgIpc) is 2.69. The molecule has 0 aromatic rings. The van der Waals surface area contributed by atoms with E-state index in [9.17, 15) is 9.59 Å². The molecular formula is C18H20O2. The highest BCUT2D eigenvalue weighted by Crippen LogP contribution is 2.49. The molecule has 0 aliphatic heterocycles. The lowest BCUT2D eigenvalue weighted by atomic mass is 9.65. The number of fused-ring (bicyclic) bond motifs is 2. The zero-order chi connectivity index (χ0) is 14.4. The highest BCUT2D eigenvalue weighted by atomic mass is 16.1. The second kappa shape index (κ2) is 4.69. The minimum atomic E-state index is 0.0218. The number of rotatable bonds is 1. The number of carbonyl (C=O) groups is 2. The topological polar surface area (TPSA) is 34.1 Å². The Balaban J connectivity index is 2.14. The van der Waals surface area contributed by atoms with Crippen molar-refractivity contribution < 1.29 is 9.59 Å². The van der Waals surface area contributed by atoms with E-state index in [2.05, 4.69) is 13.2 Å². The Labute approximate surface area is 119 Å². The van der Waals surface area contributed by atoms with E-state index in [4.69, 9.17) is 0 Å². The molecule has 1 saturated carbocycles. The summed E-state index contributed by atoms with van der Waals surface area (Å²) in [6.07, 6.45) is 6.70. The molecule has 3 aliphatic rings. The number of hydrogen-bond acceptors (Lipinski definition) is 2. The normalized spacial score (nSPS) is 33.0. The van der Waals surface area contributed by atoms with Crippen molar-refractivity contribution in [2.24, 2.45) is 17.8 Å². The second-order valence-electron chi connectivity index (χ2n) is 6.24. The summed E-state index contributed by atoms with van der Waals surface area (Å²) >= 11 is 0. The van der Waals surface area contributed by atoms with Crippen LogP contribution >= 0.6 is 0 Å². The lowest BCUT2D eigenvalue weighted by Crippen LogP contribution is -2.31. The number of hydrogen-bond donors (Lipinski definition) is 0. The number of carbonyl (C=O) groups excluding carboxylic acids is 2. The first-order chi connectivity index (χ1) is 9.50. The number of ketones is 2. The van der Waals surface area contributed by atoms with Crippen LogP contribution in [0.4, 0.5) is 0 Å². The van der Waals surface area contributed by atoms with Crippen LogP contribution in [0.5, 0.6) is 0 Å². The molecule has 2 heteroatoms. The Morgan fingerprint density at radius 3 is 2.70 bits per heavy atom. The van der Waals surface area contributed by atoms with Crippen molar-refractivity contribution in [3.8, 4) is 0 Å². The predicted molar refractivity (Wildman–Crippen MR) is 79.1 cm³/mol. The van der Waals surface area contributed by atoms with Gasteiger partial charge in [-0.3, -0.25) is 9.59 Å². The molecule has 0 bridgehead atoms. The van der Waals surface area contributed by atoms with Gasteiger partial charge in [-0.25, -0.2) is 0 Å². The largest absolute Gasteiger partial charge is 0.295 e. The molecule has 0 N–H and O–H groups in total. The lowest BCUT2D eigenvalue weighted by Gasteiger charge is -2.38. The van der Waals surface area contributed by atoms with Gasteiger partial charge in [-0.15, -0.1) is 0 Å². The molecule has 0 aromatic carbocycles. The Morgan fingerprint density at radius 1 is 1.25 bits per heavy atom. The molecule has 3 rings (SSSR count). The zero-order valence-electron chi connectivity index (χ0n) is 11.9. The van der Waals surface area contributed by atoms with Crippen LogP contribution in [-0.2, 0) is 9.59 Å². The second-order valence-corrected chi connectivity index (χ2v) is 6.24. The van der Waals surface area contributed by atoms with Crippen LogP contribution in [0.2, 0.25) is 0 Å². The molecule has 3 atom stereocenters. The maximum absolute atomic E-state index is 12.3. The molecule has 0 spiro atoms. The van der Waals surface area contributed by atoms with E-state index in [1.54, 1.807) is 6.08 Å². The van der Waals surface area contributed by atoms with Crippen molar-refractivity contribution in [2.45, 2.75) is 32.6 Å². The minimum Gasteiger partial charge on any atom is -0.295 e. The Kier molecular flexibility index (Phi) is 3.12. The quantitative estimate of drug-likeness (QED) is 0.681. The van der Waals surface area contributed by atoms with Crippen LogP contribution in [0.15, 0.2) is 47.6 Å². The number of allylic oxidation sites excluding steroid dienone is 6. The Morgan fingerprint density at radius 2 is 2.00 bits per heavy atom. The molecule has 20 heavy (non-hydrogen) atoms. The van der Waals surface area contributed by atoms with Gasteiger partial charge in [0.05, 0.1) is 0 Å². The highest BCUT2D eigenvalue weighted by molar-refractivity contribution is 6.14. The van der Waals surface area contributed by atoms with Crippen LogP contribution in [-0.4, -0.2) is 11.6 Å². The smallest absolute Gasteiger partial charge is 0.181 e. The van der Waals surface area contributed by atoms with Gasteiger partial charge >= 0.3 is 0 Å². The fraction of sp³-hybridized carbons (Fsp3) is 0.444. The third kappa shape index (κ3) is 1.86. The molecule has 0 aromatic heterocycles. The molecule has 1 fully saturated rings. The van der Waals surface area contributed by atoms with Gasteiger partial charge < -0.3 is 0 Å². The lowest BCUT2D eigenvalue weighted by molar-refractivity contribution is -0.115. The summed E-state index contributed by atoms with van der Waals surface area (Å²) < 4.78 is 0. The van der Waals surface area contributed by atoms with E-state index in [-0.39, 0.29) is 23.4 Å². The van der Waals surface area contributed by atoms with Gasteiger partial charge in [0.2, 0.25) is 0 Å². The predicted octanol–water partition coefficient (Wildman–Crippen LogP) is 3.56. The first-order valence-corrected chi connectivity index (χ1v) is 7.32. The summed E-state index contributed by atoms with van der Waals surface area (Å²) in [4.78, 5) is 24.5. The van der Waals surface area contributed by atoms with Crippen molar-refractivity contribution in [1.82, 2.24) is 0 Å². The van der Waals surface area contributed by atoms with Crippen LogP contribution in [0, 0.1) is 17.8 Å². The van der Waals surface area contributed by atoms with E-state index in [1.807, 2.05) is 13.0 Å². The fourth-order valence-electron chi connectivity index (χ4n) is 4.00. The van der Waals surface area contributed by atoms with Crippen molar-refractivity contribution >= 4 is 11.6 Å². The third-order valence-electron chi connectivity index (χ3n) is 5.00. The summed E-state index contributed by atoms with van der Waals surface area (Å²) in [5.41, 5.74) is 3.75. The van der Waals surface area contributed by atoms with Gasteiger partial charge in [0.1, 0.15) is 0 Å². The van der Waals surface area contributed by atoms with Crippen LogP contribution in [0.1, 0.15) is 32.6 Å². The fourth-order valence-corrected chi connectivity index (χ4v) is 4.00. The molecule has 2 nitrogen and oxygen atoms in total. The van der Waals surface area contributed by atoms with Crippen molar-refractivity contribution in [3.63, 3.8) is 0 Å². The van der Waals surface area contributed by atoms with E-state index in [0.717, 1.165) is 35.1 Å². The number of Topliss-reactive ketones (excluding diaryl/α,β-unsaturated/α-hetero) is 1. The average molecular weight is 268 g/mol. The third-order valence-corrected chi connectivity index (χ3v) is 5.00. The van der Waals surface area contributed by atoms with Crippen LogP contribution in [0.25, 0.3) is 0 Å². The molecule has 3 aliphatic carbocycles. The molecule has 0 saturated heterocycles. The SMILES string of the molecule is C=C(C)C1CCC(=C)C2C3=C(CCC3=O)C(=O)C=C[C@H]12. The molecule has 2 unspecified atom stereocenters. The van der Waals surface area contributed by atoms with Gasteiger partial charge in [-0.05, 0) is 44.1 Å². The van der Waals surface area contributed by atoms with Crippen LogP contribution in [0.3, 0.4) is 0 Å². The Bertz CT molecular complexity index is 589. The zero-order valence-corrected chi connectivity index (χ0v) is 11.9. The summed E-state index contributed by atoms with van der Waals surface area (Å²) in [5.74, 6) is 0.712. The summed E-state index contributed by atoms with van der Waals surface area (Å²) in [7, 11) is 0. The van der Waals surface area contributed by atoms with E-state index in [1.165, 1.54) is 0 Å². The van der Waals surface area contributed by atoms with Gasteiger partial charge in [0.15, 0.2) is 11.6 Å². The summed E-state index contributed by atoms with van der Waals surface area (Å²) in [5, 5.41) is 0. The van der Waals surface area contributed by atoms with Crippen molar-refractivity contribution in [1.29, 1.82) is 0 Å². The van der Waals surface area contributed by atoms with E-state index in [0.29, 0.717) is 18.8 Å². The van der Waals surface area contributed by atoms with Crippen molar-refractivity contribution in [2.75, 3.05) is 0 Å². The highest BCUT2D eigenvalue weighted by Gasteiger charge is 2.43. The molecule has 0 amide bonds. The molecule has 0 radical (unpaired) electrons. The van der Waals surface area contributed by atoms with Gasteiger partial charge in [0, 0.05) is 23.5 Å². The maximum atomic E-state index is 12.3. The van der Waals surface area contributed by atoms with E-state index >= 15 is 0 Å². The van der Waals surface area contributed by atoms with Crippen LogP contribution < -0.4 is 0 Å². The summed E-state index contributed by atoms with van der Waals surface area (Å²) in [6, 6.07) is 0. The van der Waals surface area contributed by atoms with Gasteiger partial charge in [-0.2, -0.15) is 0 Å². The van der Waals surface area contributed by atoms with Crippen molar-refractivity contribution in [3.05, 3.63) is 47.6 Å². The summed E-state index contributed by atoms with van der Waals surface area (Å²) in [6.45, 7) is 10.3. The molecule has 104 valence electrons.